The van der Waals surface area contributed by atoms with Gasteiger partial charge >= 0.3 is 0 Å². The van der Waals surface area contributed by atoms with E-state index in [-0.39, 0.29) is 5.41 Å². The smallest absolute Gasteiger partial charge is 0.0494 e. The lowest BCUT2D eigenvalue weighted by atomic mass is 9.87. The SMILES string of the molecule is CC(C)(C)c1ccc(NCc2cccs2)cc1. The van der Waals surface area contributed by atoms with Gasteiger partial charge in [-0.15, -0.1) is 11.3 Å². The van der Waals surface area contributed by atoms with E-state index in [0.717, 1.165) is 6.54 Å². The highest BCUT2D eigenvalue weighted by Crippen LogP contribution is 2.23. The molecule has 1 aromatic carbocycles. The largest absolute Gasteiger partial charge is 0.380 e. The number of nitrogens with one attached hydrogen (secondary N) is 1. The fourth-order valence-corrected chi connectivity index (χ4v) is 2.33. The zero-order valence-corrected chi connectivity index (χ0v) is 11.5. The molecule has 0 unspecified atom stereocenters. The highest BCUT2D eigenvalue weighted by Gasteiger charge is 2.12. The Balaban J connectivity index is 1.99. The molecule has 0 radical (unpaired) electrons. The van der Waals surface area contributed by atoms with E-state index >= 15 is 0 Å². The highest BCUT2D eigenvalue weighted by atomic mass is 32.1. The number of hydrogen-bond acceptors (Lipinski definition) is 2. The summed E-state index contributed by atoms with van der Waals surface area (Å²) >= 11 is 1.79. The third-order valence-corrected chi connectivity index (χ3v) is 3.67. The molecule has 0 aliphatic carbocycles. The van der Waals surface area contributed by atoms with Crippen molar-refractivity contribution >= 4 is 17.0 Å². The van der Waals surface area contributed by atoms with Crippen LogP contribution in [0.1, 0.15) is 31.2 Å². The summed E-state index contributed by atoms with van der Waals surface area (Å²) in [6.07, 6.45) is 0. The van der Waals surface area contributed by atoms with Crippen LogP contribution in [0.25, 0.3) is 0 Å². The zero-order valence-electron chi connectivity index (χ0n) is 10.7. The Bertz CT molecular complexity index is 449. The molecular weight excluding hydrogens is 226 g/mol. The van der Waals surface area contributed by atoms with Crippen LogP contribution in [0.5, 0.6) is 0 Å². The first-order chi connectivity index (χ1) is 8.05. The minimum Gasteiger partial charge on any atom is -0.380 e. The molecule has 0 fully saturated rings. The topological polar surface area (TPSA) is 12.0 Å². The van der Waals surface area contributed by atoms with Gasteiger partial charge in [0.25, 0.3) is 0 Å². The highest BCUT2D eigenvalue weighted by molar-refractivity contribution is 7.09. The lowest BCUT2D eigenvalue weighted by molar-refractivity contribution is 0.590. The van der Waals surface area contributed by atoms with Crippen molar-refractivity contribution in [3.05, 3.63) is 52.2 Å². The summed E-state index contributed by atoms with van der Waals surface area (Å²) in [5.74, 6) is 0. The van der Waals surface area contributed by atoms with Gasteiger partial charge in [0.05, 0.1) is 0 Å². The Morgan fingerprint density at radius 2 is 1.76 bits per heavy atom. The van der Waals surface area contributed by atoms with Crippen LogP contribution in [0.4, 0.5) is 5.69 Å². The van der Waals surface area contributed by atoms with Crippen LogP contribution in [0, 0.1) is 0 Å². The van der Waals surface area contributed by atoms with Crippen LogP contribution in [-0.4, -0.2) is 0 Å². The van der Waals surface area contributed by atoms with Crippen molar-refractivity contribution < 1.29 is 0 Å². The first-order valence-electron chi connectivity index (χ1n) is 5.92. The Kier molecular flexibility index (Phi) is 3.53. The normalized spacial score (nSPS) is 11.5. The summed E-state index contributed by atoms with van der Waals surface area (Å²) in [5, 5.41) is 5.55. The van der Waals surface area contributed by atoms with Gasteiger partial charge in [0.2, 0.25) is 0 Å². The zero-order chi connectivity index (χ0) is 12.3. The minimum atomic E-state index is 0.228. The minimum absolute atomic E-state index is 0.228. The standard InChI is InChI=1S/C15H19NS/c1-15(2,3)12-6-8-13(9-7-12)16-11-14-5-4-10-17-14/h4-10,16H,11H2,1-3H3. The van der Waals surface area contributed by atoms with E-state index in [0.29, 0.717) is 0 Å². The summed E-state index contributed by atoms with van der Waals surface area (Å²) in [4.78, 5) is 1.37. The summed E-state index contributed by atoms with van der Waals surface area (Å²) in [6, 6.07) is 13.0. The number of benzene rings is 1. The van der Waals surface area contributed by atoms with Crippen LogP contribution in [-0.2, 0) is 12.0 Å². The van der Waals surface area contributed by atoms with Crippen molar-refractivity contribution in [2.75, 3.05) is 5.32 Å². The van der Waals surface area contributed by atoms with E-state index < -0.39 is 0 Å². The van der Waals surface area contributed by atoms with Crippen LogP contribution in [0.15, 0.2) is 41.8 Å². The molecule has 2 aromatic rings. The number of thiophene rings is 1. The predicted octanol–water partition coefficient (Wildman–Crippen LogP) is 4.66. The number of anilines is 1. The Morgan fingerprint density at radius 1 is 1.06 bits per heavy atom. The molecule has 1 heterocycles. The lowest BCUT2D eigenvalue weighted by Gasteiger charge is -2.19. The average molecular weight is 245 g/mol. The summed E-state index contributed by atoms with van der Waals surface area (Å²) in [6.45, 7) is 7.62. The van der Waals surface area contributed by atoms with E-state index in [9.17, 15) is 0 Å². The molecule has 0 aliphatic heterocycles. The molecule has 0 saturated carbocycles. The van der Waals surface area contributed by atoms with E-state index in [1.807, 2.05) is 0 Å². The van der Waals surface area contributed by atoms with Crippen LogP contribution in [0.3, 0.4) is 0 Å². The molecule has 0 amide bonds. The molecule has 1 nitrogen and oxygen atoms in total. The second-order valence-corrected chi connectivity index (χ2v) is 6.29. The van der Waals surface area contributed by atoms with Crippen LogP contribution >= 0.6 is 11.3 Å². The second kappa shape index (κ2) is 4.92. The van der Waals surface area contributed by atoms with Gasteiger partial charge in [-0.05, 0) is 34.6 Å². The molecule has 17 heavy (non-hydrogen) atoms. The third-order valence-electron chi connectivity index (χ3n) is 2.80. The fourth-order valence-electron chi connectivity index (χ4n) is 1.69. The van der Waals surface area contributed by atoms with Crippen molar-refractivity contribution in [2.24, 2.45) is 0 Å². The molecule has 1 aromatic heterocycles. The van der Waals surface area contributed by atoms with Gasteiger partial charge in [-0.3, -0.25) is 0 Å². The van der Waals surface area contributed by atoms with Gasteiger partial charge < -0.3 is 5.32 Å². The summed E-state index contributed by atoms with van der Waals surface area (Å²) in [7, 11) is 0. The first kappa shape index (κ1) is 12.2. The second-order valence-electron chi connectivity index (χ2n) is 5.26. The molecule has 0 bridgehead atoms. The monoisotopic (exact) mass is 245 g/mol. The van der Waals surface area contributed by atoms with Crippen molar-refractivity contribution in [3.8, 4) is 0 Å². The van der Waals surface area contributed by atoms with Crippen molar-refractivity contribution in [1.29, 1.82) is 0 Å². The van der Waals surface area contributed by atoms with Gasteiger partial charge in [0, 0.05) is 17.1 Å². The Morgan fingerprint density at radius 3 is 2.29 bits per heavy atom. The van der Waals surface area contributed by atoms with E-state index in [4.69, 9.17) is 0 Å². The molecule has 1 N–H and O–H groups in total. The van der Waals surface area contributed by atoms with Crippen LogP contribution in [0.2, 0.25) is 0 Å². The molecule has 0 atom stereocenters. The van der Waals surface area contributed by atoms with Crippen LogP contribution < -0.4 is 5.32 Å². The molecule has 0 spiro atoms. The van der Waals surface area contributed by atoms with Crippen molar-refractivity contribution in [3.63, 3.8) is 0 Å². The van der Waals surface area contributed by atoms with Gasteiger partial charge in [0.1, 0.15) is 0 Å². The first-order valence-corrected chi connectivity index (χ1v) is 6.80. The number of rotatable bonds is 3. The molecule has 0 saturated heterocycles. The summed E-state index contributed by atoms with van der Waals surface area (Å²) < 4.78 is 0. The van der Waals surface area contributed by atoms with Gasteiger partial charge in [0.15, 0.2) is 0 Å². The van der Waals surface area contributed by atoms with Gasteiger partial charge in [-0.1, -0.05) is 39.0 Å². The molecular formula is C15H19NS. The van der Waals surface area contributed by atoms with Crippen molar-refractivity contribution in [2.45, 2.75) is 32.7 Å². The van der Waals surface area contributed by atoms with Crippen molar-refractivity contribution in [1.82, 2.24) is 0 Å². The quantitative estimate of drug-likeness (QED) is 0.829. The predicted molar refractivity (Wildman–Crippen MR) is 76.8 cm³/mol. The van der Waals surface area contributed by atoms with E-state index in [1.54, 1.807) is 11.3 Å². The average Bonchev–Trinajstić information content (AvgIpc) is 2.78. The third kappa shape index (κ3) is 3.34. The molecule has 90 valence electrons. The lowest BCUT2D eigenvalue weighted by Crippen LogP contribution is -2.10. The number of hydrogen-bond donors (Lipinski definition) is 1. The molecule has 2 rings (SSSR count). The maximum absolute atomic E-state index is 3.44. The van der Waals surface area contributed by atoms with E-state index in [2.05, 4.69) is 67.9 Å². The van der Waals surface area contributed by atoms with Gasteiger partial charge in [-0.2, -0.15) is 0 Å². The maximum Gasteiger partial charge on any atom is 0.0494 e. The Hall–Kier alpha value is -1.28. The Labute approximate surface area is 108 Å². The molecule has 0 aliphatic rings. The fraction of sp³-hybridized carbons (Fsp3) is 0.333. The summed E-state index contributed by atoms with van der Waals surface area (Å²) in [5.41, 5.74) is 2.79. The van der Waals surface area contributed by atoms with E-state index in [1.165, 1.54) is 16.1 Å². The molecule has 2 heteroatoms. The maximum atomic E-state index is 3.44. The van der Waals surface area contributed by atoms with Gasteiger partial charge in [-0.25, -0.2) is 0 Å².